The van der Waals surface area contributed by atoms with Gasteiger partial charge in [0.2, 0.25) is 5.78 Å². The highest BCUT2D eigenvalue weighted by molar-refractivity contribution is 6.30. The number of carbonyl (C=O) groups is 2. The summed E-state index contributed by atoms with van der Waals surface area (Å²) in [5.74, 6) is -1.41. The van der Waals surface area contributed by atoms with Crippen molar-refractivity contribution >= 4 is 23.4 Å². The van der Waals surface area contributed by atoms with Crippen LogP contribution in [0.25, 0.3) is 5.69 Å². The summed E-state index contributed by atoms with van der Waals surface area (Å²) in [7, 11) is 0. The lowest BCUT2D eigenvalue weighted by Gasteiger charge is -2.11. The number of nitrogens with zero attached hydrogens (tertiary/aromatic N) is 2. The van der Waals surface area contributed by atoms with Gasteiger partial charge in [-0.2, -0.15) is 0 Å². The van der Waals surface area contributed by atoms with Gasteiger partial charge in [0.15, 0.2) is 6.61 Å². The van der Waals surface area contributed by atoms with Crippen LogP contribution in [0.1, 0.15) is 37.8 Å². The van der Waals surface area contributed by atoms with Gasteiger partial charge in [-0.05, 0) is 56.7 Å². The van der Waals surface area contributed by atoms with Crippen LogP contribution < -0.4 is 0 Å². The summed E-state index contributed by atoms with van der Waals surface area (Å²) >= 11 is 5.82. The minimum absolute atomic E-state index is 0.0286. The zero-order valence-corrected chi connectivity index (χ0v) is 16.4. The molecule has 0 atom stereocenters. The van der Waals surface area contributed by atoms with Gasteiger partial charge in [0.05, 0.1) is 0 Å². The van der Waals surface area contributed by atoms with Gasteiger partial charge in [-0.3, -0.25) is 4.79 Å². The number of aryl methyl sites for hydroxylation is 2. The van der Waals surface area contributed by atoms with Crippen LogP contribution in [0.15, 0.2) is 42.6 Å². The maximum atomic E-state index is 13.9. The van der Waals surface area contributed by atoms with Crippen LogP contribution in [-0.2, 0) is 4.74 Å². The highest BCUT2D eigenvalue weighted by Crippen LogP contribution is 2.23. The summed E-state index contributed by atoms with van der Waals surface area (Å²) in [6, 6.07) is 9.50. The lowest BCUT2D eigenvalue weighted by Crippen LogP contribution is -2.15. The van der Waals surface area contributed by atoms with Gasteiger partial charge in [0.1, 0.15) is 11.5 Å². The largest absolute Gasteiger partial charge is 0.453 e. The van der Waals surface area contributed by atoms with E-state index in [9.17, 15) is 14.0 Å². The molecule has 0 fully saturated rings. The Hall–Kier alpha value is -2.99. The number of hydrogen-bond donors (Lipinski definition) is 0. The number of rotatable bonds is 5. The summed E-state index contributed by atoms with van der Waals surface area (Å²) in [6.45, 7) is 4.84. The molecule has 2 heterocycles. The van der Waals surface area contributed by atoms with Gasteiger partial charge >= 0.3 is 5.97 Å². The number of carbonyl (C=O) groups excluding carboxylic acids is 2. The molecule has 5 nitrogen and oxygen atoms in total. The second kappa shape index (κ2) is 7.94. The van der Waals surface area contributed by atoms with Crippen molar-refractivity contribution in [1.82, 2.24) is 9.55 Å². The zero-order valence-electron chi connectivity index (χ0n) is 15.6. The fraction of sp³-hybridized carbons (Fsp3) is 0.190. The summed E-state index contributed by atoms with van der Waals surface area (Å²) in [5, 5.41) is 0.349. The molecule has 0 saturated heterocycles. The Morgan fingerprint density at radius 3 is 2.57 bits per heavy atom. The molecule has 28 heavy (non-hydrogen) atoms. The standard InChI is InChI=1S/C21H18ClFN2O3/c1-12-4-5-16(10-18(12)23)25-13(2)8-17(14(25)3)20(26)11-28-21(27)19-9-15(22)6-7-24-19/h4-10H,11H2,1-3H3. The second-order valence-electron chi connectivity index (χ2n) is 6.41. The van der Waals surface area contributed by atoms with E-state index in [0.29, 0.717) is 27.5 Å². The lowest BCUT2D eigenvalue weighted by atomic mass is 10.1. The molecule has 0 bridgehead atoms. The Morgan fingerprint density at radius 2 is 1.89 bits per heavy atom. The van der Waals surface area contributed by atoms with Gasteiger partial charge in [-0.1, -0.05) is 17.7 Å². The second-order valence-corrected chi connectivity index (χ2v) is 6.85. The Morgan fingerprint density at radius 1 is 1.14 bits per heavy atom. The van der Waals surface area contributed by atoms with Gasteiger partial charge in [0, 0.05) is 33.9 Å². The Balaban J connectivity index is 1.79. The van der Waals surface area contributed by atoms with Gasteiger partial charge in [-0.25, -0.2) is 14.2 Å². The van der Waals surface area contributed by atoms with Crippen molar-refractivity contribution in [2.24, 2.45) is 0 Å². The van der Waals surface area contributed by atoms with Gasteiger partial charge < -0.3 is 9.30 Å². The van der Waals surface area contributed by atoms with E-state index in [2.05, 4.69) is 4.98 Å². The van der Waals surface area contributed by atoms with Gasteiger partial charge in [0.25, 0.3) is 0 Å². The molecule has 1 aromatic carbocycles. The fourth-order valence-corrected chi connectivity index (χ4v) is 3.12. The van der Waals surface area contributed by atoms with Crippen molar-refractivity contribution in [1.29, 1.82) is 0 Å². The Kier molecular flexibility index (Phi) is 5.61. The molecular weight excluding hydrogens is 383 g/mol. The third-order valence-corrected chi connectivity index (χ3v) is 4.65. The van der Waals surface area contributed by atoms with E-state index in [-0.39, 0.29) is 17.3 Å². The molecule has 0 spiro atoms. The number of benzene rings is 1. The molecule has 144 valence electrons. The molecule has 0 aliphatic rings. The predicted molar refractivity (Wildman–Crippen MR) is 104 cm³/mol. The summed E-state index contributed by atoms with van der Waals surface area (Å²) in [6.07, 6.45) is 1.38. The van der Waals surface area contributed by atoms with Crippen LogP contribution in [0.2, 0.25) is 5.02 Å². The molecule has 3 aromatic rings. The molecule has 0 unspecified atom stereocenters. The Labute approximate surface area is 166 Å². The summed E-state index contributed by atoms with van der Waals surface area (Å²) in [5.41, 5.74) is 3.02. The van der Waals surface area contributed by atoms with Crippen molar-refractivity contribution < 1.29 is 18.7 Å². The molecule has 2 aromatic heterocycles. The molecule has 0 aliphatic heterocycles. The van der Waals surface area contributed by atoms with Crippen molar-refractivity contribution in [3.8, 4) is 5.69 Å². The highest BCUT2D eigenvalue weighted by atomic mass is 35.5. The lowest BCUT2D eigenvalue weighted by molar-refractivity contribution is 0.0468. The maximum Gasteiger partial charge on any atom is 0.357 e. The third kappa shape index (κ3) is 3.97. The van der Waals surface area contributed by atoms with E-state index < -0.39 is 12.6 Å². The van der Waals surface area contributed by atoms with Crippen LogP contribution in [0.5, 0.6) is 0 Å². The molecule has 7 heteroatoms. The molecular formula is C21H18ClFN2O3. The summed E-state index contributed by atoms with van der Waals surface area (Å²) < 4.78 is 20.8. The van der Waals surface area contributed by atoms with E-state index in [1.54, 1.807) is 36.6 Å². The van der Waals surface area contributed by atoms with Crippen LogP contribution in [0.4, 0.5) is 4.39 Å². The normalized spacial score (nSPS) is 10.8. The number of esters is 1. The van der Waals surface area contributed by atoms with Crippen molar-refractivity contribution in [3.05, 3.63) is 81.6 Å². The van der Waals surface area contributed by atoms with Crippen LogP contribution in [-0.4, -0.2) is 27.9 Å². The minimum Gasteiger partial charge on any atom is -0.453 e. The Bertz CT molecular complexity index is 1080. The van der Waals surface area contributed by atoms with Crippen molar-refractivity contribution in [2.45, 2.75) is 20.8 Å². The third-order valence-electron chi connectivity index (χ3n) is 4.41. The first-order valence-electron chi connectivity index (χ1n) is 8.55. The average Bonchev–Trinajstić information content (AvgIpc) is 2.96. The highest BCUT2D eigenvalue weighted by Gasteiger charge is 2.19. The first-order chi connectivity index (χ1) is 13.3. The quantitative estimate of drug-likeness (QED) is 0.462. The van der Waals surface area contributed by atoms with E-state index in [1.807, 2.05) is 6.92 Å². The first kappa shape index (κ1) is 19.8. The number of pyridine rings is 1. The smallest absolute Gasteiger partial charge is 0.357 e. The molecule has 0 N–H and O–H groups in total. The number of aromatic nitrogens is 2. The molecule has 0 saturated carbocycles. The minimum atomic E-state index is -0.731. The monoisotopic (exact) mass is 400 g/mol. The van der Waals surface area contributed by atoms with Crippen LogP contribution in [0, 0.1) is 26.6 Å². The number of Topliss-reactive ketones (excluding diaryl/α,β-unsaturated/α-hetero) is 1. The molecule has 3 rings (SSSR count). The SMILES string of the molecule is Cc1ccc(-n2c(C)cc(C(=O)COC(=O)c3cc(Cl)ccn3)c2C)cc1F. The van der Waals surface area contributed by atoms with Crippen molar-refractivity contribution in [3.63, 3.8) is 0 Å². The number of ketones is 1. The van der Waals surface area contributed by atoms with Crippen molar-refractivity contribution in [2.75, 3.05) is 6.61 Å². The maximum absolute atomic E-state index is 13.9. The molecule has 0 amide bonds. The molecule has 0 radical (unpaired) electrons. The van der Waals surface area contributed by atoms with Gasteiger partial charge in [-0.15, -0.1) is 0 Å². The van der Waals surface area contributed by atoms with E-state index in [1.165, 1.54) is 24.4 Å². The zero-order chi connectivity index (χ0) is 20.4. The number of ether oxygens (including phenoxy) is 1. The number of halogens is 2. The number of hydrogen-bond acceptors (Lipinski definition) is 4. The van der Waals surface area contributed by atoms with E-state index >= 15 is 0 Å². The predicted octanol–water partition coefficient (Wildman–Crippen LogP) is 4.63. The summed E-state index contributed by atoms with van der Waals surface area (Å²) in [4.78, 5) is 28.5. The first-order valence-corrected chi connectivity index (χ1v) is 8.93. The van der Waals surface area contributed by atoms with Crippen LogP contribution >= 0.6 is 11.6 Å². The van der Waals surface area contributed by atoms with E-state index in [4.69, 9.17) is 16.3 Å². The fourth-order valence-electron chi connectivity index (χ4n) is 2.96. The van der Waals surface area contributed by atoms with E-state index in [0.717, 1.165) is 5.69 Å². The topological polar surface area (TPSA) is 61.2 Å². The van der Waals surface area contributed by atoms with Crippen LogP contribution in [0.3, 0.4) is 0 Å². The molecule has 0 aliphatic carbocycles. The average molecular weight is 401 g/mol.